The predicted molar refractivity (Wildman–Crippen MR) is 79.2 cm³/mol. The van der Waals surface area contributed by atoms with Crippen molar-refractivity contribution in [1.82, 2.24) is 24.6 Å². The van der Waals surface area contributed by atoms with Gasteiger partial charge in [-0.1, -0.05) is 18.2 Å². The summed E-state index contributed by atoms with van der Waals surface area (Å²) in [6.07, 6.45) is 3.77. The lowest BCUT2D eigenvalue weighted by Gasteiger charge is -2.03. The predicted octanol–water partition coefficient (Wildman–Crippen LogP) is 2.08. The van der Waals surface area contributed by atoms with Crippen molar-refractivity contribution in [3.8, 4) is 0 Å². The number of aromatic nitrogens is 4. The van der Waals surface area contributed by atoms with Crippen LogP contribution in [0.1, 0.15) is 18.4 Å². The Bertz CT molecular complexity index is 710. The maximum Gasteiger partial charge on any atom is 0.122 e. The first-order chi connectivity index (χ1) is 9.79. The van der Waals surface area contributed by atoms with Crippen molar-refractivity contribution in [3.63, 3.8) is 0 Å². The van der Waals surface area contributed by atoms with Gasteiger partial charge in [-0.05, 0) is 13.0 Å². The summed E-state index contributed by atoms with van der Waals surface area (Å²) in [4.78, 5) is 4.31. The van der Waals surface area contributed by atoms with E-state index in [1.54, 1.807) is 0 Å². The maximum absolute atomic E-state index is 4.68. The minimum atomic E-state index is 0.747. The number of hydrogen-bond acceptors (Lipinski definition) is 3. The molecule has 3 aromatic rings. The molecule has 1 aromatic carbocycles. The molecule has 0 bridgehead atoms. The molecule has 0 atom stereocenters. The number of aryl methyl sites for hydroxylation is 2. The van der Waals surface area contributed by atoms with E-state index in [0.717, 1.165) is 31.2 Å². The molecule has 1 N–H and O–H groups in total. The number of benzene rings is 1. The van der Waals surface area contributed by atoms with E-state index in [4.69, 9.17) is 0 Å². The molecule has 2 aromatic heterocycles. The number of rotatable bonds is 5. The Morgan fingerprint density at radius 3 is 2.80 bits per heavy atom. The van der Waals surface area contributed by atoms with Gasteiger partial charge in [0.1, 0.15) is 5.82 Å². The largest absolute Gasteiger partial charge is 0.337 e. The van der Waals surface area contributed by atoms with Gasteiger partial charge in [-0.15, -0.1) is 0 Å². The van der Waals surface area contributed by atoms with Crippen LogP contribution in [0, 0.1) is 0 Å². The summed E-state index contributed by atoms with van der Waals surface area (Å²) in [5, 5.41) is 9.32. The molecular formula is C15H19N5. The summed E-state index contributed by atoms with van der Waals surface area (Å²) in [5.41, 5.74) is 2.29. The Kier molecular flexibility index (Phi) is 3.52. The van der Waals surface area contributed by atoms with E-state index in [9.17, 15) is 0 Å². The quantitative estimate of drug-likeness (QED) is 0.771. The van der Waals surface area contributed by atoms with Gasteiger partial charge in [-0.2, -0.15) is 5.10 Å². The number of fused-ring (bicyclic) bond motifs is 1. The third-order valence-electron chi connectivity index (χ3n) is 3.53. The fourth-order valence-electron chi connectivity index (χ4n) is 2.43. The molecule has 5 nitrogen and oxygen atoms in total. The normalized spacial score (nSPS) is 11.3. The molecule has 0 amide bonds. The Hall–Kier alpha value is -2.14. The second-order valence-electron chi connectivity index (χ2n) is 4.84. The lowest BCUT2D eigenvalue weighted by Crippen LogP contribution is -2.16. The summed E-state index contributed by atoms with van der Waals surface area (Å²) in [6, 6.07) is 8.37. The Morgan fingerprint density at radius 2 is 2.05 bits per heavy atom. The highest BCUT2D eigenvalue weighted by Gasteiger charge is 2.08. The number of para-hydroxylation sites is 1. The average Bonchev–Trinajstić information content (AvgIpc) is 3.04. The smallest absolute Gasteiger partial charge is 0.122 e. The fourth-order valence-corrected chi connectivity index (χ4v) is 2.43. The molecule has 20 heavy (non-hydrogen) atoms. The molecule has 0 aliphatic heterocycles. The van der Waals surface area contributed by atoms with Crippen LogP contribution in [0.15, 0.2) is 36.7 Å². The molecule has 104 valence electrons. The van der Waals surface area contributed by atoms with Gasteiger partial charge in [0, 0.05) is 37.9 Å². The first-order valence-corrected chi connectivity index (χ1v) is 6.91. The zero-order valence-corrected chi connectivity index (χ0v) is 11.9. The third-order valence-corrected chi connectivity index (χ3v) is 3.53. The van der Waals surface area contributed by atoms with Gasteiger partial charge in [0.15, 0.2) is 0 Å². The molecule has 0 unspecified atom stereocenters. The highest BCUT2D eigenvalue weighted by Crippen LogP contribution is 2.18. The van der Waals surface area contributed by atoms with Crippen LogP contribution in [-0.4, -0.2) is 19.3 Å². The standard InChI is InChI=1S/C15H19N5/c1-3-20-14-7-5-4-6-12(14)13(18-20)10-16-11-15-17-8-9-19(15)2/h4-9,16H,3,10-11H2,1-2H3. The van der Waals surface area contributed by atoms with Crippen molar-refractivity contribution in [3.05, 3.63) is 48.2 Å². The number of hydrogen-bond donors (Lipinski definition) is 1. The van der Waals surface area contributed by atoms with Crippen LogP contribution >= 0.6 is 0 Å². The van der Waals surface area contributed by atoms with E-state index >= 15 is 0 Å². The average molecular weight is 269 g/mol. The minimum absolute atomic E-state index is 0.747. The summed E-state index contributed by atoms with van der Waals surface area (Å²) in [7, 11) is 2.01. The van der Waals surface area contributed by atoms with Crippen LogP contribution in [-0.2, 0) is 26.7 Å². The molecule has 0 saturated carbocycles. The molecule has 0 fully saturated rings. The lowest BCUT2D eigenvalue weighted by molar-refractivity contribution is 0.609. The summed E-state index contributed by atoms with van der Waals surface area (Å²) >= 11 is 0. The van der Waals surface area contributed by atoms with E-state index in [0.29, 0.717) is 0 Å². The van der Waals surface area contributed by atoms with E-state index in [2.05, 4.69) is 46.6 Å². The Labute approximate surface area is 118 Å². The number of nitrogens with one attached hydrogen (secondary N) is 1. The SMILES string of the molecule is CCn1nc(CNCc2nccn2C)c2ccccc21. The monoisotopic (exact) mass is 269 g/mol. The highest BCUT2D eigenvalue weighted by molar-refractivity contribution is 5.81. The zero-order valence-electron chi connectivity index (χ0n) is 11.9. The van der Waals surface area contributed by atoms with Crippen LogP contribution in [0.2, 0.25) is 0 Å². The molecule has 2 heterocycles. The van der Waals surface area contributed by atoms with Crippen molar-refractivity contribution in [2.45, 2.75) is 26.6 Å². The highest BCUT2D eigenvalue weighted by atomic mass is 15.3. The molecule has 3 rings (SSSR count). The molecule has 5 heteroatoms. The zero-order chi connectivity index (χ0) is 13.9. The number of nitrogens with zero attached hydrogens (tertiary/aromatic N) is 4. The van der Waals surface area contributed by atoms with Gasteiger partial charge < -0.3 is 9.88 Å². The van der Waals surface area contributed by atoms with Gasteiger partial charge in [0.2, 0.25) is 0 Å². The first kappa shape index (κ1) is 12.9. The second-order valence-corrected chi connectivity index (χ2v) is 4.84. The lowest BCUT2D eigenvalue weighted by atomic mass is 10.2. The second kappa shape index (κ2) is 5.46. The van der Waals surface area contributed by atoms with Crippen molar-refractivity contribution in [1.29, 1.82) is 0 Å². The Morgan fingerprint density at radius 1 is 1.20 bits per heavy atom. The van der Waals surface area contributed by atoms with Gasteiger partial charge in [0.05, 0.1) is 17.8 Å². The van der Waals surface area contributed by atoms with Gasteiger partial charge >= 0.3 is 0 Å². The summed E-state index contributed by atoms with van der Waals surface area (Å²) in [5.74, 6) is 1.03. The summed E-state index contributed by atoms with van der Waals surface area (Å²) in [6.45, 7) is 4.50. The van der Waals surface area contributed by atoms with Gasteiger partial charge in [-0.25, -0.2) is 4.98 Å². The molecule has 0 radical (unpaired) electrons. The first-order valence-electron chi connectivity index (χ1n) is 6.91. The van der Waals surface area contributed by atoms with Crippen LogP contribution in [0.4, 0.5) is 0 Å². The van der Waals surface area contributed by atoms with Crippen molar-refractivity contribution < 1.29 is 0 Å². The molecule has 0 aliphatic rings. The minimum Gasteiger partial charge on any atom is -0.337 e. The van der Waals surface area contributed by atoms with Crippen LogP contribution in [0.3, 0.4) is 0 Å². The molecule has 0 spiro atoms. The van der Waals surface area contributed by atoms with Crippen LogP contribution < -0.4 is 5.32 Å². The van der Waals surface area contributed by atoms with E-state index in [1.165, 1.54) is 10.9 Å². The van der Waals surface area contributed by atoms with Crippen molar-refractivity contribution in [2.75, 3.05) is 0 Å². The van der Waals surface area contributed by atoms with Crippen molar-refractivity contribution >= 4 is 10.9 Å². The molecule has 0 saturated heterocycles. The molecular weight excluding hydrogens is 250 g/mol. The topological polar surface area (TPSA) is 47.7 Å². The van der Waals surface area contributed by atoms with E-state index < -0.39 is 0 Å². The van der Waals surface area contributed by atoms with Crippen LogP contribution in [0.25, 0.3) is 10.9 Å². The maximum atomic E-state index is 4.68. The Balaban J connectivity index is 1.76. The van der Waals surface area contributed by atoms with Crippen molar-refractivity contribution in [2.24, 2.45) is 7.05 Å². The number of imidazole rings is 1. The van der Waals surface area contributed by atoms with Crippen LogP contribution in [0.5, 0.6) is 0 Å². The van der Waals surface area contributed by atoms with Gasteiger partial charge in [0.25, 0.3) is 0 Å². The van der Waals surface area contributed by atoms with E-state index in [-0.39, 0.29) is 0 Å². The third kappa shape index (κ3) is 2.32. The van der Waals surface area contributed by atoms with Gasteiger partial charge in [-0.3, -0.25) is 4.68 Å². The summed E-state index contributed by atoms with van der Waals surface area (Å²) < 4.78 is 4.07. The molecule has 0 aliphatic carbocycles. The van der Waals surface area contributed by atoms with E-state index in [1.807, 2.05) is 28.7 Å². The fraction of sp³-hybridized carbons (Fsp3) is 0.333.